The predicted octanol–water partition coefficient (Wildman–Crippen LogP) is 2.28. The van der Waals surface area contributed by atoms with Crippen LogP contribution >= 0.6 is 0 Å². The molecule has 0 aromatic carbocycles. The van der Waals surface area contributed by atoms with Crippen molar-refractivity contribution in [3.63, 3.8) is 0 Å². The lowest BCUT2D eigenvalue weighted by Crippen LogP contribution is -2.51. The van der Waals surface area contributed by atoms with Gasteiger partial charge in [0.05, 0.1) is 7.11 Å². The van der Waals surface area contributed by atoms with Crippen molar-refractivity contribution in [1.82, 2.24) is 10.2 Å². The van der Waals surface area contributed by atoms with E-state index in [1.165, 1.54) is 39.5 Å². The highest BCUT2D eigenvalue weighted by Gasteiger charge is 2.29. The van der Waals surface area contributed by atoms with E-state index in [1.54, 1.807) is 0 Å². The van der Waals surface area contributed by atoms with Crippen molar-refractivity contribution in [2.75, 3.05) is 26.7 Å². The number of rotatable bonds is 7. The van der Waals surface area contributed by atoms with Gasteiger partial charge in [-0.15, -0.1) is 0 Å². The number of hydrogen-bond acceptors (Lipinski definition) is 4. The molecule has 1 saturated heterocycles. The fourth-order valence-corrected chi connectivity index (χ4v) is 3.10. The van der Waals surface area contributed by atoms with Gasteiger partial charge < -0.3 is 15.0 Å². The molecule has 0 aromatic heterocycles. The molecule has 1 heterocycles. The Hall–Kier alpha value is -0.610. The fourth-order valence-electron chi connectivity index (χ4n) is 3.10. The molecule has 0 amide bonds. The first kappa shape index (κ1) is 17.4. The van der Waals surface area contributed by atoms with E-state index < -0.39 is 0 Å². The van der Waals surface area contributed by atoms with Crippen LogP contribution in [0, 0.1) is 11.8 Å². The number of carbonyl (C=O) groups is 1. The summed E-state index contributed by atoms with van der Waals surface area (Å²) in [5.74, 6) is 0.731. The third-order valence-corrected chi connectivity index (χ3v) is 4.35. The molecule has 0 saturated carbocycles. The molecule has 1 fully saturated rings. The highest BCUT2D eigenvalue weighted by Crippen LogP contribution is 2.21. The van der Waals surface area contributed by atoms with Crippen LogP contribution in [0.5, 0.6) is 0 Å². The van der Waals surface area contributed by atoms with Crippen LogP contribution in [0.3, 0.4) is 0 Å². The number of nitrogens with one attached hydrogen (secondary N) is 1. The van der Waals surface area contributed by atoms with Crippen LogP contribution in [0.25, 0.3) is 0 Å². The van der Waals surface area contributed by atoms with Crippen LogP contribution in [0.4, 0.5) is 0 Å². The highest BCUT2D eigenvalue weighted by molar-refractivity contribution is 5.75. The molecule has 1 aliphatic rings. The summed E-state index contributed by atoms with van der Waals surface area (Å²) in [4.78, 5) is 14.4. The summed E-state index contributed by atoms with van der Waals surface area (Å²) in [6.07, 6.45) is 3.73. The monoisotopic (exact) mass is 284 g/mol. The minimum atomic E-state index is -0.198. The van der Waals surface area contributed by atoms with Gasteiger partial charge in [-0.25, -0.2) is 0 Å². The Morgan fingerprint density at radius 1 is 1.40 bits per heavy atom. The van der Waals surface area contributed by atoms with E-state index in [0.29, 0.717) is 12.0 Å². The van der Waals surface area contributed by atoms with E-state index in [-0.39, 0.29) is 17.9 Å². The average molecular weight is 284 g/mol. The number of hydrogen-bond donors (Lipinski definition) is 1. The Kier molecular flexibility index (Phi) is 7.52. The quantitative estimate of drug-likeness (QED) is 0.728. The topological polar surface area (TPSA) is 41.6 Å². The van der Waals surface area contributed by atoms with Crippen molar-refractivity contribution < 1.29 is 9.53 Å². The zero-order chi connectivity index (χ0) is 15.1. The van der Waals surface area contributed by atoms with E-state index in [0.717, 1.165) is 6.54 Å². The lowest BCUT2D eigenvalue weighted by Gasteiger charge is -2.37. The van der Waals surface area contributed by atoms with Crippen LogP contribution in [0.2, 0.25) is 0 Å². The first-order chi connectivity index (χ1) is 9.49. The van der Waals surface area contributed by atoms with Crippen molar-refractivity contribution in [2.24, 2.45) is 11.8 Å². The standard InChI is InChI=1S/C16H32N2O2/c1-6-9-18-10-7-8-14(11-18)13(4)17-15(12(2)3)16(19)20-5/h12-15,17H,6-11H2,1-5H3/t13?,14?,15-/m0/s1. The van der Waals surface area contributed by atoms with E-state index in [9.17, 15) is 4.79 Å². The SMILES string of the molecule is CCCN1CCCC(C(C)N[C@H](C(=O)OC)C(C)C)C1. The Morgan fingerprint density at radius 3 is 2.65 bits per heavy atom. The van der Waals surface area contributed by atoms with Crippen LogP contribution in [0.1, 0.15) is 47.0 Å². The molecule has 0 aliphatic carbocycles. The lowest BCUT2D eigenvalue weighted by molar-refractivity contribution is -0.144. The van der Waals surface area contributed by atoms with E-state index in [1.807, 2.05) is 0 Å². The van der Waals surface area contributed by atoms with Crippen LogP contribution in [-0.4, -0.2) is 49.7 Å². The molecule has 0 radical (unpaired) electrons. The van der Waals surface area contributed by atoms with Gasteiger partial charge in [-0.05, 0) is 51.1 Å². The van der Waals surface area contributed by atoms with Crippen molar-refractivity contribution in [1.29, 1.82) is 0 Å². The highest BCUT2D eigenvalue weighted by atomic mass is 16.5. The molecule has 1 N–H and O–H groups in total. The van der Waals surface area contributed by atoms with E-state index in [2.05, 4.69) is 37.9 Å². The Balaban J connectivity index is 2.55. The second kappa shape index (κ2) is 8.63. The molecular weight excluding hydrogens is 252 g/mol. The molecule has 20 heavy (non-hydrogen) atoms. The molecule has 1 rings (SSSR count). The van der Waals surface area contributed by atoms with Gasteiger partial charge >= 0.3 is 5.97 Å². The van der Waals surface area contributed by atoms with Gasteiger partial charge in [0.1, 0.15) is 6.04 Å². The maximum Gasteiger partial charge on any atom is 0.323 e. The molecule has 0 aromatic rings. The van der Waals surface area contributed by atoms with Crippen LogP contribution < -0.4 is 5.32 Å². The zero-order valence-electron chi connectivity index (χ0n) is 13.8. The predicted molar refractivity (Wildman–Crippen MR) is 82.7 cm³/mol. The third-order valence-electron chi connectivity index (χ3n) is 4.35. The molecule has 1 aliphatic heterocycles. The molecule has 4 nitrogen and oxygen atoms in total. The summed E-state index contributed by atoms with van der Waals surface area (Å²) < 4.78 is 4.91. The first-order valence-electron chi connectivity index (χ1n) is 8.05. The molecule has 0 spiro atoms. The number of methoxy groups -OCH3 is 1. The normalized spacial score (nSPS) is 23.6. The number of nitrogens with zero attached hydrogens (tertiary/aromatic N) is 1. The number of esters is 1. The van der Waals surface area contributed by atoms with Crippen LogP contribution in [0.15, 0.2) is 0 Å². The van der Waals surface area contributed by atoms with Gasteiger partial charge in [-0.1, -0.05) is 20.8 Å². The zero-order valence-corrected chi connectivity index (χ0v) is 13.8. The lowest BCUT2D eigenvalue weighted by atomic mass is 9.90. The van der Waals surface area contributed by atoms with Gasteiger partial charge in [0.25, 0.3) is 0 Å². The van der Waals surface area contributed by atoms with Gasteiger partial charge in [-0.3, -0.25) is 4.79 Å². The molecule has 4 heteroatoms. The molecule has 2 unspecified atom stereocenters. The largest absolute Gasteiger partial charge is 0.468 e. The van der Waals surface area contributed by atoms with Crippen molar-refractivity contribution in [3.8, 4) is 0 Å². The second-order valence-electron chi connectivity index (χ2n) is 6.40. The summed E-state index contributed by atoms with van der Waals surface area (Å²) >= 11 is 0. The average Bonchev–Trinajstić information content (AvgIpc) is 2.44. The van der Waals surface area contributed by atoms with Crippen molar-refractivity contribution in [3.05, 3.63) is 0 Å². The van der Waals surface area contributed by atoms with Gasteiger partial charge in [0, 0.05) is 12.6 Å². The van der Waals surface area contributed by atoms with Crippen molar-refractivity contribution in [2.45, 2.75) is 59.0 Å². The summed E-state index contributed by atoms with van der Waals surface area (Å²) in [7, 11) is 1.47. The summed E-state index contributed by atoms with van der Waals surface area (Å²) in [5.41, 5.74) is 0. The molecular formula is C16H32N2O2. The Morgan fingerprint density at radius 2 is 2.10 bits per heavy atom. The minimum Gasteiger partial charge on any atom is -0.468 e. The third kappa shape index (κ3) is 5.06. The molecule has 118 valence electrons. The van der Waals surface area contributed by atoms with Gasteiger partial charge in [-0.2, -0.15) is 0 Å². The summed E-state index contributed by atoms with van der Waals surface area (Å²) in [6, 6.07) is 0.151. The minimum absolute atomic E-state index is 0.145. The van der Waals surface area contributed by atoms with Gasteiger partial charge in [0.15, 0.2) is 0 Å². The van der Waals surface area contributed by atoms with Crippen molar-refractivity contribution >= 4 is 5.97 Å². The maximum absolute atomic E-state index is 11.8. The Bertz CT molecular complexity index is 292. The number of ether oxygens (including phenoxy) is 1. The first-order valence-corrected chi connectivity index (χ1v) is 8.05. The Labute approximate surface area is 124 Å². The summed E-state index contributed by atoms with van der Waals surface area (Å²) in [5, 5.41) is 3.50. The number of carbonyl (C=O) groups excluding carboxylic acids is 1. The molecule has 3 atom stereocenters. The van der Waals surface area contributed by atoms with Crippen LogP contribution in [-0.2, 0) is 9.53 Å². The smallest absolute Gasteiger partial charge is 0.323 e. The molecule has 0 bridgehead atoms. The van der Waals surface area contributed by atoms with E-state index >= 15 is 0 Å². The summed E-state index contributed by atoms with van der Waals surface area (Å²) in [6.45, 7) is 12.1. The fraction of sp³-hybridized carbons (Fsp3) is 0.938. The van der Waals surface area contributed by atoms with Gasteiger partial charge in [0.2, 0.25) is 0 Å². The van der Waals surface area contributed by atoms with E-state index in [4.69, 9.17) is 4.74 Å². The maximum atomic E-state index is 11.8. The second-order valence-corrected chi connectivity index (χ2v) is 6.40. The number of likely N-dealkylation sites (tertiary alicyclic amines) is 1. The number of piperidine rings is 1.